The third kappa shape index (κ3) is 3.86. The number of piperazine rings is 1. The minimum absolute atomic E-state index is 0.333. The number of anilines is 1. The summed E-state index contributed by atoms with van der Waals surface area (Å²) < 4.78 is 27.3. The van der Waals surface area contributed by atoms with Crippen molar-refractivity contribution >= 4 is 15.8 Å². The third-order valence-corrected chi connectivity index (χ3v) is 7.09. The van der Waals surface area contributed by atoms with E-state index in [0.29, 0.717) is 36.9 Å². The maximum Gasteiger partial charge on any atom is 0.243 e. The largest absolute Gasteiger partial charge is 0.354 e. The number of aromatic nitrogens is 3. The molecule has 0 atom stereocenters. The Labute approximate surface area is 171 Å². The van der Waals surface area contributed by atoms with Gasteiger partial charge in [0, 0.05) is 43.6 Å². The summed E-state index contributed by atoms with van der Waals surface area (Å²) in [6.07, 6.45) is 1.72. The van der Waals surface area contributed by atoms with Gasteiger partial charge >= 0.3 is 0 Å². The van der Waals surface area contributed by atoms with Crippen molar-refractivity contribution in [3.63, 3.8) is 0 Å². The summed E-state index contributed by atoms with van der Waals surface area (Å²) in [6, 6.07) is 14.2. The van der Waals surface area contributed by atoms with Crippen LogP contribution in [0.15, 0.2) is 59.6 Å². The van der Waals surface area contributed by atoms with Crippen LogP contribution in [0, 0.1) is 13.8 Å². The summed E-state index contributed by atoms with van der Waals surface area (Å²) in [7, 11) is -3.47. The second-order valence-corrected chi connectivity index (χ2v) is 8.94. The molecule has 1 fully saturated rings. The van der Waals surface area contributed by atoms with E-state index >= 15 is 0 Å². The number of aryl methyl sites for hydroxylation is 1. The smallest absolute Gasteiger partial charge is 0.243 e. The Hall–Kier alpha value is -2.84. The van der Waals surface area contributed by atoms with Crippen LogP contribution in [0.3, 0.4) is 0 Å². The first-order valence-corrected chi connectivity index (χ1v) is 11.0. The summed E-state index contributed by atoms with van der Waals surface area (Å²) >= 11 is 0. The zero-order chi connectivity index (χ0) is 20.4. The molecule has 0 unspecified atom stereocenters. The van der Waals surface area contributed by atoms with Crippen LogP contribution < -0.4 is 4.90 Å². The summed E-state index contributed by atoms with van der Waals surface area (Å²) in [5.41, 5.74) is 2.63. The van der Waals surface area contributed by atoms with E-state index in [2.05, 4.69) is 14.9 Å². The van der Waals surface area contributed by atoms with Crippen LogP contribution in [0.25, 0.3) is 11.5 Å². The van der Waals surface area contributed by atoms with Gasteiger partial charge in [-0.25, -0.2) is 18.4 Å². The fourth-order valence-corrected chi connectivity index (χ4v) is 4.86. The molecule has 1 saturated heterocycles. The van der Waals surface area contributed by atoms with Gasteiger partial charge in [-0.15, -0.1) is 0 Å². The van der Waals surface area contributed by atoms with Crippen molar-refractivity contribution in [1.29, 1.82) is 0 Å². The lowest BCUT2D eigenvalue weighted by molar-refractivity contribution is 0.383. The van der Waals surface area contributed by atoms with E-state index < -0.39 is 10.0 Å². The van der Waals surface area contributed by atoms with Crippen molar-refractivity contribution in [1.82, 2.24) is 19.3 Å². The Kier molecular flexibility index (Phi) is 5.29. The number of hydrogen-bond donors (Lipinski definition) is 0. The molecule has 8 heteroatoms. The molecule has 0 bridgehead atoms. The van der Waals surface area contributed by atoms with E-state index in [4.69, 9.17) is 4.98 Å². The summed E-state index contributed by atoms with van der Waals surface area (Å²) in [5, 5.41) is 0. The maximum absolute atomic E-state index is 12.9. The Bertz CT molecular complexity index is 1100. The molecule has 29 heavy (non-hydrogen) atoms. The van der Waals surface area contributed by atoms with E-state index in [0.717, 1.165) is 22.8 Å². The molecule has 3 heterocycles. The molecule has 0 N–H and O–H groups in total. The average molecular weight is 410 g/mol. The number of hydrogen-bond acceptors (Lipinski definition) is 6. The first-order valence-electron chi connectivity index (χ1n) is 9.53. The highest BCUT2D eigenvalue weighted by Crippen LogP contribution is 2.26. The van der Waals surface area contributed by atoms with Gasteiger partial charge in [-0.2, -0.15) is 4.31 Å². The second-order valence-electron chi connectivity index (χ2n) is 7.00. The molecule has 1 aliphatic rings. The first kappa shape index (κ1) is 19.5. The van der Waals surface area contributed by atoms with Crippen molar-refractivity contribution in [2.75, 3.05) is 31.1 Å². The predicted octanol–water partition coefficient (Wildman–Crippen LogP) is 2.67. The lowest BCUT2D eigenvalue weighted by atomic mass is 10.2. The molecule has 0 radical (unpaired) electrons. The SMILES string of the molecule is Cc1nc(-c2ccccn2)nc(N2CCN(S(=O)(=O)c3ccccc3)CC2)c1C. The highest BCUT2D eigenvalue weighted by molar-refractivity contribution is 7.89. The van der Waals surface area contributed by atoms with Crippen LogP contribution in [0.4, 0.5) is 5.82 Å². The van der Waals surface area contributed by atoms with Crippen molar-refractivity contribution < 1.29 is 8.42 Å². The zero-order valence-corrected chi connectivity index (χ0v) is 17.3. The van der Waals surface area contributed by atoms with Gasteiger partial charge in [0.25, 0.3) is 0 Å². The first-order chi connectivity index (χ1) is 14.0. The number of nitrogens with zero attached hydrogens (tertiary/aromatic N) is 5. The number of pyridine rings is 1. The maximum atomic E-state index is 12.9. The van der Waals surface area contributed by atoms with Gasteiger partial charge in [0.15, 0.2) is 5.82 Å². The normalized spacial score (nSPS) is 15.4. The Morgan fingerprint density at radius 2 is 1.55 bits per heavy atom. The average Bonchev–Trinajstić information content (AvgIpc) is 2.77. The van der Waals surface area contributed by atoms with Gasteiger partial charge in [0.1, 0.15) is 11.5 Å². The molecule has 3 aromatic rings. The van der Waals surface area contributed by atoms with Crippen molar-refractivity contribution in [3.8, 4) is 11.5 Å². The molecule has 7 nitrogen and oxygen atoms in total. The van der Waals surface area contributed by atoms with Gasteiger partial charge in [-0.3, -0.25) is 4.98 Å². The molecule has 2 aromatic heterocycles. The van der Waals surface area contributed by atoms with Crippen LogP contribution in [0.1, 0.15) is 11.3 Å². The number of rotatable bonds is 4. The van der Waals surface area contributed by atoms with E-state index in [1.54, 1.807) is 34.8 Å². The van der Waals surface area contributed by atoms with Crippen LogP contribution in [-0.2, 0) is 10.0 Å². The summed E-state index contributed by atoms with van der Waals surface area (Å²) in [5.74, 6) is 1.43. The quantitative estimate of drug-likeness (QED) is 0.659. The Morgan fingerprint density at radius 3 is 2.21 bits per heavy atom. The van der Waals surface area contributed by atoms with E-state index in [9.17, 15) is 8.42 Å². The lowest BCUT2D eigenvalue weighted by Crippen LogP contribution is -2.49. The Balaban J connectivity index is 1.57. The molecule has 4 rings (SSSR count). The highest BCUT2D eigenvalue weighted by Gasteiger charge is 2.29. The predicted molar refractivity (Wildman–Crippen MR) is 112 cm³/mol. The topological polar surface area (TPSA) is 79.3 Å². The second kappa shape index (κ2) is 7.88. The minimum atomic E-state index is -3.47. The molecule has 0 saturated carbocycles. The monoisotopic (exact) mass is 409 g/mol. The fraction of sp³-hybridized carbons (Fsp3) is 0.286. The molecule has 0 spiro atoms. The standard InChI is InChI=1S/C21H23N5O2S/c1-16-17(2)23-20(19-10-6-7-11-22-19)24-21(16)25-12-14-26(15-13-25)29(27,28)18-8-4-3-5-9-18/h3-11H,12-15H2,1-2H3. The van der Waals surface area contributed by atoms with Gasteiger partial charge < -0.3 is 4.90 Å². The van der Waals surface area contributed by atoms with E-state index in [-0.39, 0.29) is 0 Å². The molecule has 0 aliphatic carbocycles. The van der Waals surface area contributed by atoms with Crippen molar-refractivity contribution in [3.05, 3.63) is 66.0 Å². The van der Waals surface area contributed by atoms with Gasteiger partial charge in [-0.1, -0.05) is 24.3 Å². The van der Waals surface area contributed by atoms with Crippen LogP contribution >= 0.6 is 0 Å². The molecule has 1 aliphatic heterocycles. The van der Waals surface area contributed by atoms with Crippen LogP contribution in [0.5, 0.6) is 0 Å². The Morgan fingerprint density at radius 1 is 0.862 bits per heavy atom. The molecular weight excluding hydrogens is 386 g/mol. The third-order valence-electron chi connectivity index (χ3n) is 5.18. The lowest BCUT2D eigenvalue weighted by Gasteiger charge is -2.35. The molecule has 150 valence electrons. The number of benzene rings is 1. The van der Waals surface area contributed by atoms with Crippen molar-refractivity contribution in [2.45, 2.75) is 18.7 Å². The van der Waals surface area contributed by atoms with Crippen molar-refractivity contribution in [2.24, 2.45) is 0 Å². The van der Waals surface area contributed by atoms with Gasteiger partial charge in [-0.05, 0) is 38.1 Å². The van der Waals surface area contributed by atoms with Gasteiger partial charge in [0.05, 0.1) is 4.90 Å². The van der Waals surface area contributed by atoms with Crippen LogP contribution in [-0.4, -0.2) is 53.9 Å². The highest BCUT2D eigenvalue weighted by atomic mass is 32.2. The van der Waals surface area contributed by atoms with E-state index in [1.807, 2.05) is 38.1 Å². The zero-order valence-electron chi connectivity index (χ0n) is 16.5. The summed E-state index contributed by atoms with van der Waals surface area (Å²) in [4.78, 5) is 16.2. The molecule has 1 aromatic carbocycles. The van der Waals surface area contributed by atoms with Crippen LogP contribution in [0.2, 0.25) is 0 Å². The number of sulfonamides is 1. The molecule has 0 amide bonds. The van der Waals surface area contributed by atoms with E-state index in [1.165, 1.54) is 0 Å². The van der Waals surface area contributed by atoms with Gasteiger partial charge in [0.2, 0.25) is 10.0 Å². The fourth-order valence-electron chi connectivity index (χ4n) is 3.41. The molecular formula is C21H23N5O2S. The summed E-state index contributed by atoms with van der Waals surface area (Å²) in [6.45, 7) is 5.94. The minimum Gasteiger partial charge on any atom is -0.354 e.